The van der Waals surface area contributed by atoms with Gasteiger partial charge in [0.1, 0.15) is 11.4 Å². The Balaban J connectivity index is 0.000000422. The number of nitrogens with zero attached hydrogens (tertiary/aromatic N) is 2. The molecule has 10 heteroatoms. The molecule has 122 valence electrons. The number of benzene rings is 1. The molecule has 0 amide bonds. The number of aliphatic hydroxyl groups is 1. The highest BCUT2D eigenvalue weighted by atomic mass is 32.2. The number of azo groups is 1. The molecule has 6 N–H and O–H groups in total. The van der Waals surface area contributed by atoms with Crippen LogP contribution in [0.15, 0.2) is 22.4 Å². The van der Waals surface area contributed by atoms with Gasteiger partial charge in [0, 0.05) is 0 Å². The van der Waals surface area contributed by atoms with Gasteiger partial charge in [-0.15, -0.1) is 10.2 Å². The lowest BCUT2D eigenvalue weighted by Gasteiger charge is -2.07. The summed E-state index contributed by atoms with van der Waals surface area (Å²) < 4.78 is 25.9. The van der Waals surface area contributed by atoms with Crippen LogP contribution >= 0.6 is 0 Å². The van der Waals surface area contributed by atoms with E-state index in [9.17, 15) is 18.6 Å². The number of rotatable bonds is 1. The predicted molar refractivity (Wildman–Crippen MR) is 80.0 cm³/mol. The third-order valence-corrected chi connectivity index (χ3v) is 2.91. The maximum absolute atomic E-state index is 9.82. The molecule has 9 nitrogen and oxygen atoms in total. The van der Waals surface area contributed by atoms with Gasteiger partial charge in [-0.3, -0.25) is 9.96 Å². The quantitative estimate of drug-likeness (QED) is 0.225. The summed E-state index contributed by atoms with van der Waals surface area (Å²) >= 11 is 0. The standard InChI is InChI=1S/C11H14N4O2.CH4O3S/c1-5-2-9(16)7-3-8(14-15-11(12)13)10(17)4-6(5)7;1-5(2,3)4/h3-5,9,16-17H,2H2,1H3,(H3,12,13);1H3,(H,2,3,4). The summed E-state index contributed by atoms with van der Waals surface area (Å²) in [5.41, 5.74) is 6.94. The Morgan fingerprint density at radius 1 is 1.41 bits per heavy atom. The minimum absolute atomic E-state index is 0.0188. The second kappa shape index (κ2) is 6.81. The fourth-order valence-electron chi connectivity index (χ4n) is 2.10. The molecule has 2 unspecified atom stereocenters. The third-order valence-electron chi connectivity index (χ3n) is 2.91. The van der Waals surface area contributed by atoms with Crippen molar-refractivity contribution in [2.75, 3.05) is 6.26 Å². The maximum Gasteiger partial charge on any atom is 0.261 e. The molecule has 0 spiro atoms. The van der Waals surface area contributed by atoms with Crippen LogP contribution in [0.4, 0.5) is 5.69 Å². The minimum Gasteiger partial charge on any atom is -0.506 e. The molecule has 2 rings (SSSR count). The van der Waals surface area contributed by atoms with Crippen LogP contribution in [-0.2, 0) is 10.1 Å². The fraction of sp³-hybridized carbons (Fsp3) is 0.417. The van der Waals surface area contributed by atoms with Gasteiger partial charge >= 0.3 is 0 Å². The van der Waals surface area contributed by atoms with E-state index in [-0.39, 0.29) is 17.4 Å². The van der Waals surface area contributed by atoms with Crippen LogP contribution in [0.2, 0.25) is 0 Å². The zero-order valence-corrected chi connectivity index (χ0v) is 12.9. The summed E-state index contributed by atoms with van der Waals surface area (Å²) in [6, 6.07) is 3.18. The Labute approximate surface area is 127 Å². The molecular weight excluding hydrogens is 312 g/mol. The number of phenols is 1. The number of hydrogen-bond acceptors (Lipinski definition) is 6. The van der Waals surface area contributed by atoms with E-state index < -0.39 is 22.2 Å². The van der Waals surface area contributed by atoms with Gasteiger partial charge in [-0.1, -0.05) is 6.92 Å². The fourth-order valence-corrected chi connectivity index (χ4v) is 2.10. The second-order valence-corrected chi connectivity index (χ2v) is 6.41. The van der Waals surface area contributed by atoms with Gasteiger partial charge in [-0.25, -0.2) is 0 Å². The number of phenolic OH excluding ortho intramolecular Hbond substituents is 1. The van der Waals surface area contributed by atoms with E-state index in [0.717, 1.165) is 11.1 Å². The van der Waals surface area contributed by atoms with Gasteiger partial charge < -0.3 is 15.9 Å². The number of aliphatic hydroxyl groups excluding tert-OH is 1. The van der Waals surface area contributed by atoms with E-state index in [1.54, 1.807) is 12.1 Å². The second-order valence-electron chi connectivity index (χ2n) is 4.94. The monoisotopic (exact) mass is 330 g/mol. The van der Waals surface area contributed by atoms with E-state index in [1.165, 1.54) is 0 Å². The number of aromatic hydroxyl groups is 1. The first-order valence-electron chi connectivity index (χ1n) is 6.22. The molecule has 1 aromatic carbocycles. The first-order chi connectivity index (χ1) is 9.99. The SMILES string of the molecule is CC1CC(O)c2cc(N=NC(=N)N)c(O)cc21.CS(=O)(=O)O. The Kier molecular flexibility index (Phi) is 5.58. The average Bonchev–Trinajstić information content (AvgIpc) is 2.59. The van der Waals surface area contributed by atoms with E-state index >= 15 is 0 Å². The van der Waals surface area contributed by atoms with Crippen LogP contribution in [0.3, 0.4) is 0 Å². The van der Waals surface area contributed by atoms with Gasteiger partial charge in [-0.2, -0.15) is 8.42 Å². The van der Waals surface area contributed by atoms with Gasteiger partial charge in [0.25, 0.3) is 10.1 Å². The lowest BCUT2D eigenvalue weighted by atomic mass is 10.0. The molecule has 22 heavy (non-hydrogen) atoms. The van der Waals surface area contributed by atoms with Gasteiger partial charge in [-0.05, 0) is 35.6 Å². The number of guanidine groups is 1. The highest BCUT2D eigenvalue weighted by Crippen LogP contribution is 2.44. The minimum atomic E-state index is -3.67. The number of nitrogens with one attached hydrogen (secondary N) is 1. The van der Waals surface area contributed by atoms with Gasteiger partial charge in [0.05, 0.1) is 12.4 Å². The van der Waals surface area contributed by atoms with Crippen molar-refractivity contribution in [3.8, 4) is 5.75 Å². The smallest absolute Gasteiger partial charge is 0.261 e. The number of nitrogens with two attached hydrogens (primary N) is 1. The normalized spacial score (nSPS) is 20.4. The number of hydrogen-bond donors (Lipinski definition) is 5. The maximum atomic E-state index is 9.82. The van der Waals surface area contributed by atoms with Crippen LogP contribution in [0.25, 0.3) is 0 Å². The van der Waals surface area contributed by atoms with Crippen molar-refractivity contribution in [3.05, 3.63) is 23.3 Å². The van der Waals surface area contributed by atoms with Gasteiger partial charge in [0.2, 0.25) is 5.96 Å². The van der Waals surface area contributed by atoms with Crippen molar-refractivity contribution in [2.24, 2.45) is 16.0 Å². The molecule has 1 aliphatic carbocycles. The van der Waals surface area contributed by atoms with Gasteiger partial charge in [0.15, 0.2) is 0 Å². The predicted octanol–water partition coefficient (Wildman–Crippen LogP) is 1.41. The molecule has 0 aromatic heterocycles. The van der Waals surface area contributed by atoms with Crippen LogP contribution in [-0.4, -0.2) is 35.4 Å². The summed E-state index contributed by atoms with van der Waals surface area (Å²) in [5.74, 6) is -0.238. The first-order valence-corrected chi connectivity index (χ1v) is 8.07. The molecule has 1 aliphatic rings. The van der Waals surface area contributed by atoms with Crippen molar-refractivity contribution < 1.29 is 23.2 Å². The molecule has 1 aromatic rings. The lowest BCUT2D eigenvalue weighted by Crippen LogP contribution is -2.03. The topological polar surface area (TPSA) is 169 Å². The van der Waals surface area contributed by atoms with Crippen LogP contribution < -0.4 is 5.73 Å². The summed E-state index contributed by atoms with van der Waals surface area (Å²) in [5, 5.41) is 33.5. The largest absolute Gasteiger partial charge is 0.506 e. The van der Waals surface area contributed by atoms with Crippen molar-refractivity contribution >= 4 is 21.8 Å². The van der Waals surface area contributed by atoms with E-state index in [1.807, 2.05) is 6.92 Å². The average molecular weight is 330 g/mol. The summed E-state index contributed by atoms with van der Waals surface area (Å²) in [6.45, 7) is 1.99. The van der Waals surface area contributed by atoms with Crippen molar-refractivity contribution in [3.63, 3.8) is 0 Å². The molecule has 0 aliphatic heterocycles. The highest BCUT2D eigenvalue weighted by Gasteiger charge is 2.28. The lowest BCUT2D eigenvalue weighted by molar-refractivity contribution is 0.174. The van der Waals surface area contributed by atoms with E-state index in [2.05, 4.69) is 10.2 Å². The van der Waals surface area contributed by atoms with E-state index in [4.69, 9.17) is 15.7 Å². The summed E-state index contributed by atoms with van der Waals surface area (Å²) in [4.78, 5) is 0. The molecule has 0 bridgehead atoms. The van der Waals surface area contributed by atoms with Crippen molar-refractivity contribution in [1.82, 2.24) is 0 Å². The Bertz CT molecular complexity index is 694. The third kappa shape index (κ3) is 5.39. The zero-order chi connectivity index (χ0) is 17.1. The van der Waals surface area contributed by atoms with E-state index in [0.29, 0.717) is 12.7 Å². The van der Waals surface area contributed by atoms with Crippen LogP contribution in [0, 0.1) is 5.41 Å². The molecule has 0 saturated heterocycles. The Morgan fingerprint density at radius 3 is 2.45 bits per heavy atom. The molecule has 0 fully saturated rings. The van der Waals surface area contributed by atoms with Crippen LogP contribution in [0.5, 0.6) is 5.75 Å². The Morgan fingerprint density at radius 2 is 1.95 bits per heavy atom. The first kappa shape index (κ1) is 18.0. The number of fused-ring (bicyclic) bond motifs is 1. The van der Waals surface area contributed by atoms with Crippen molar-refractivity contribution in [1.29, 1.82) is 5.41 Å². The molecule has 2 atom stereocenters. The van der Waals surface area contributed by atoms with Crippen molar-refractivity contribution in [2.45, 2.75) is 25.4 Å². The van der Waals surface area contributed by atoms with Crippen LogP contribution in [0.1, 0.15) is 36.5 Å². The zero-order valence-electron chi connectivity index (χ0n) is 12.1. The molecule has 0 heterocycles. The Hall–Kier alpha value is -2.04. The molecular formula is C12H18N4O5S. The molecule has 0 radical (unpaired) electrons. The summed E-state index contributed by atoms with van der Waals surface area (Å²) in [7, 11) is -3.67. The summed E-state index contributed by atoms with van der Waals surface area (Å²) in [6.07, 6.45) is 0.821. The highest BCUT2D eigenvalue weighted by molar-refractivity contribution is 7.85. The molecule has 0 saturated carbocycles.